The summed E-state index contributed by atoms with van der Waals surface area (Å²) in [7, 11) is 0. The third-order valence-corrected chi connectivity index (χ3v) is 3.94. The zero-order chi connectivity index (χ0) is 15.4. The summed E-state index contributed by atoms with van der Waals surface area (Å²) in [6.45, 7) is 4.24. The Kier molecular flexibility index (Phi) is 11.1. The third kappa shape index (κ3) is 9.82. The molecule has 118 valence electrons. The van der Waals surface area contributed by atoms with Crippen molar-refractivity contribution in [3.63, 3.8) is 0 Å². The zero-order valence-corrected chi connectivity index (χ0v) is 12.9. The molecule has 0 aliphatic carbocycles. The Bertz CT molecular complexity index is 276. The molecule has 0 aromatic heterocycles. The molecule has 0 rings (SSSR count). The van der Waals surface area contributed by atoms with Crippen molar-refractivity contribution >= 4 is 11.9 Å². The quantitative estimate of drug-likeness (QED) is 0.494. The lowest BCUT2D eigenvalue weighted by Crippen LogP contribution is -2.20. The van der Waals surface area contributed by atoms with Crippen LogP contribution in [0.4, 0.5) is 0 Å². The first-order chi connectivity index (χ1) is 9.51. The largest absolute Gasteiger partial charge is 0.481 e. The summed E-state index contributed by atoms with van der Waals surface area (Å²) in [5, 5.41) is 17.9. The van der Waals surface area contributed by atoms with Crippen LogP contribution in [-0.4, -0.2) is 22.2 Å². The van der Waals surface area contributed by atoms with Gasteiger partial charge in [0.25, 0.3) is 0 Å². The Morgan fingerprint density at radius 1 is 0.800 bits per heavy atom. The molecule has 2 atom stereocenters. The second kappa shape index (κ2) is 11.7. The first kappa shape index (κ1) is 18.9. The van der Waals surface area contributed by atoms with E-state index >= 15 is 0 Å². The average molecular weight is 286 g/mol. The summed E-state index contributed by atoms with van der Waals surface area (Å²) >= 11 is 0. The van der Waals surface area contributed by atoms with Crippen molar-refractivity contribution in [2.75, 3.05) is 0 Å². The van der Waals surface area contributed by atoms with Crippen molar-refractivity contribution < 1.29 is 19.8 Å². The van der Waals surface area contributed by atoms with E-state index in [0.717, 1.165) is 44.9 Å². The van der Waals surface area contributed by atoms with Crippen molar-refractivity contribution in [3.8, 4) is 0 Å². The molecule has 2 N–H and O–H groups in total. The van der Waals surface area contributed by atoms with E-state index in [0.29, 0.717) is 6.42 Å². The topological polar surface area (TPSA) is 74.6 Å². The molecule has 0 bridgehead atoms. The van der Waals surface area contributed by atoms with Crippen LogP contribution in [-0.2, 0) is 9.59 Å². The number of rotatable bonds is 13. The fourth-order valence-electron chi connectivity index (χ4n) is 2.78. The first-order valence-corrected chi connectivity index (χ1v) is 7.94. The number of carboxylic acid groups (broad SMARTS) is 2. The minimum Gasteiger partial charge on any atom is -0.481 e. The minimum absolute atomic E-state index is 0.130. The molecule has 20 heavy (non-hydrogen) atoms. The lowest BCUT2D eigenvalue weighted by atomic mass is 9.79. The Balaban J connectivity index is 4.57. The van der Waals surface area contributed by atoms with Crippen molar-refractivity contribution in [1.82, 2.24) is 0 Å². The third-order valence-electron chi connectivity index (χ3n) is 3.94. The molecular formula is C16H30O4. The van der Waals surface area contributed by atoms with Gasteiger partial charge in [-0.05, 0) is 24.7 Å². The van der Waals surface area contributed by atoms with E-state index in [2.05, 4.69) is 13.8 Å². The summed E-state index contributed by atoms with van der Waals surface area (Å²) in [6.07, 6.45) is 8.21. The van der Waals surface area contributed by atoms with E-state index in [-0.39, 0.29) is 24.7 Å². The molecule has 0 saturated carbocycles. The van der Waals surface area contributed by atoms with Crippen LogP contribution in [0.25, 0.3) is 0 Å². The van der Waals surface area contributed by atoms with Crippen LogP contribution in [0, 0.1) is 11.8 Å². The fourth-order valence-corrected chi connectivity index (χ4v) is 2.78. The second-order valence-corrected chi connectivity index (χ2v) is 5.69. The predicted octanol–water partition coefficient (Wildman–Crippen LogP) is 4.33. The van der Waals surface area contributed by atoms with Gasteiger partial charge in [-0.25, -0.2) is 0 Å². The van der Waals surface area contributed by atoms with Gasteiger partial charge in [0.2, 0.25) is 0 Å². The zero-order valence-electron chi connectivity index (χ0n) is 12.9. The number of hydrogen-bond donors (Lipinski definition) is 2. The molecule has 0 aromatic rings. The first-order valence-electron chi connectivity index (χ1n) is 7.94. The fraction of sp³-hybridized carbons (Fsp3) is 0.875. The van der Waals surface area contributed by atoms with Crippen LogP contribution in [0.5, 0.6) is 0 Å². The van der Waals surface area contributed by atoms with E-state index in [1.807, 2.05) is 0 Å². The number of unbranched alkanes of at least 4 members (excludes halogenated alkanes) is 3. The molecule has 4 nitrogen and oxygen atoms in total. The van der Waals surface area contributed by atoms with Gasteiger partial charge in [-0.3, -0.25) is 9.59 Å². The van der Waals surface area contributed by atoms with Gasteiger partial charge in [0.15, 0.2) is 0 Å². The molecule has 2 unspecified atom stereocenters. The van der Waals surface area contributed by atoms with Gasteiger partial charge in [-0.1, -0.05) is 52.4 Å². The minimum atomic E-state index is -0.783. The highest BCUT2D eigenvalue weighted by atomic mass is 16.4. The molecule has 0 aliphatic rings. The SMILES string of the molecule is CCCCCC(CC(=O)O)C(CCCC)CCC(=O)O. The maximum atomic E-state index is 11.0. The van der Waals surface area contributed by atoms with Gasteiger partial charge >= 0.3 is 11.9 Å². The van der Waals surface area contributed by atoms with E-state index < -0.39 is 11.9 Å². The van der Waals surface area contributed by atoms with Gasteiger partial charge in [0, 0.05) is 12.8 Å². The highest BCUT2D eigenvalue weighted by Gasteiger charge is 2.23. The molecular weight excluding hydrogens is 256 g/mol. The standard InChI is InChI=1S/C16H30O4/c1-3-5-7-9-14(12-16(19)20)13(8-6-4-2)10-11-15(17)18/h13-14H,3-12H2,1-2H3,(H,17,18)(H,19,20). The molecule has 0 aliphatic heterocycles. The van der Waals surface area contributed by atoms with Crippen LogP contribution < -0.4 is 0 Å². The van der Waals surface area contributed by atoms with Gasteiger partial charge in [-0.15, -0.1) is 0 Å². The number of carboxylic acids is 2. The summed E-state index contributed by atoms with van der Waals surface area (Å²) in [5.41, 5.74) is 0. The van der Waals surface area contributed by atoms with E-state index in [4.69, 9.17) is 10.2 Å². The summed E-state index contributed by atoms with van der Waals surface area (Å²) in [6, 6.07) is 0. The Hall–Kier alpha value is -1.06. The van der Waals surface area contributed by atoms with Crippen molar-refractivity contribution in [2.24, 2.45) is 11.8 Å². The lowest BCUT2D eigenvalue weighted by molar-refractivity contribution is -0.138. The molecule has 0 radical (unpaired) electrons. The smallest absolute Gasteiger partial charge is 0.303 e. The van der Waals surface area contributed by atoms with Gasteiger partial charge in [0.1, 0.15) is 0 Å². The highest BCUT2D eigenvalue weighted by molar-refractivity contribution is 5.67. The molecule has 0 spiro atoms. The maximum Gasteiger partial charge on any atom is 0.303 e. The maximum absolute atomic E-state index is 11.0. The molecule has 0 saturated heterocycles. The van der Waals surface area contributed by atoms with Crippen molar-refractivity contribution in [1.29, 1.82) is 0 Å². The predicted molar refractivity (Wildman–Crippen MR) is 79.8 cm³/mol. The van der Waals surface area contributed by atoms with Crippen LogP contribution >= 0.6 is 0 Å². The molecule has 0 amide bonds. The summed E-state index contributed by atoms with van der Waals surface area (Å²) in [4.78, 5) is 21.8. The number of carbonyl (C=O) groups is 2. The molecule has 0 fully saturated rings. The van der Waals surface area contributed by atoms with E-state index in [9.17, 15) is 9.59 Å². The van der Waals surface area contributed by atoms with Gasteiger partial charge in [-0.2, -0.15) is 0 Å². The van der Waals surface area contributed by atoms with Crippen LogP contribution in [0.2, 0.25) is 0 Å². The van der Waals surface area contributed by atoms with Crippen LogP contribution in [0.3, 0.4) is 0 Å². The van der Waals surface area contributed by atoms with Gasteiger partial charge < -0.3 is 10.2 Å². The van der Waals surface area contributed by atoms with Gasteiger partial charge in [0.05, 0.1) is 0 Å². The van der Waals surface area contributed by atoms with E-state index in [1.165, 1.54) is 0 Å². The molecule has 4 heteroatoms. The molecule has 0 heterocycles. The second-order valence-electron chi connectivity index (χ2n) is 5.69. The van der Waals surface area contributed by atoms with Crippen LogP contribution in [0.15, 0.2) is 0 Å². The number of hydrogen-bond acceptors (Lipinski definition) is 2. The Morgan fingerprint density at radius 2 is 1.40 bits per heavy atom. The van der Waals surface area contributed by atoms with E-state index in [1.54, 1.807) is 0 Å². The lowest BCUT2D eigenvalue weighted by Gasteiger charge is -2.26. The summed E-state index contributed by atoms with van der Waals surface area (Å²) < 4.78 is 0. The van der Waals surface area contributed by atoms with Crippen molar-refractivity contribution in [2.45, 2.75) is 78.1 Å². The Labute approximate surface area is 122 Å². The van der Waals surface area contributed by atoms with Crippen LogP contribution in [0.1, 0.15) is 78.1 Å². The average Bonchev–Trinajstić information content (AvgIpc) is 2.37. The van der Waals surface area contributed by atoms with Crippen molar-refractivity contribution in [3.05, 3.63) is 0 Å². The Morgan fingerprint density at radius 3 is 1.90 bits per heavy atom. The summed E-state index contributed by atoms with van der Waals surface area (Å²) in [5.74, 6) is -1.18. The number of aliphatic carboxylic acids is 2. The monoisotopic (exact) mass is 286 g/mol. The highest BCUT2D eigenvalue weighted by Crippen LogP contribution is 2.30. The molecule has 0 aromatic carbocycles. The normalized spacial score (nSPS) is 13.9.